The molecule has 4 N–H and O–H groups in total. The Morgan fingerprint density at radius 2 is 2.15 bits per heavy atom. The van der Waals surface area contributed by atoms with Crippen LogP contribution < -0.4 is 11.5 Å². The fourth-order valence-electron chi connectivity index (χ4n) is 1.21. The van der Waals surface area contributed by atoms with Gasteiger partial charge in [-0.25, -0.2) is 4.39 Å². The van der Waals surface area contributed by atoms with Crippen molar-refractivity contribution in [2.24, 2.45) is 11.5 Å². The zero-order chi connectivity index (χ0) is 9.84. The van der Waals surface area contributed by atoms with Crippen LogP contribution in [0, 0.1) is 5.82 Å². The van der Waals surface area contributed by atoms with Crippen LogP contribution in [0.15, 0.2) is 18.2 Å². The van der Waals surface area contributed by atoms with Gasteiger partial charge < -0.3 is 11.5 Å². The van der Waals surface area contributed by atoms with Crippen molar-refractivity contribution in [2.75, 3.05) is 6.54 Å². The second-order valence-corrected chi connectivity index (χ2v) is 2.68. The van der Waals surface area contributed by atoms with Crippen molar-refractivity contribution in [2.45, 2.75) is 6.42 Å². The Morgan fingerprint density at radius 3 is 2.69 bits per heavy atom. The van der Waals surface area contributed by atoms with Crippen molar-refractivity contribution in [3.05, 3.63) is 35.1 Å². The summed E-state index contributed by atoms with van der Waals surface area (Å²) in [6.45, 7) is 0.365. The van der Waals surface area contributed by atoms with Crippen LogP contribution >= 0.6 is 0 Å². The van der Waals surface area contributed by atoms with Crippen LogP contribution in [-0.4, -0.2) is 12.5 Å². The lowest BCUT2D eigenvalue weighted by molar-refractivity contribution is 0.0995. The molecule has 0 saturated carbocycles. The van der Waals surface area contributed by atoms with E-state index >= 15 is 0 Å². The van der Waals surface area contributed by atoms with E-state index in [1.54, 1.807) is 6.07 Å². The molecule has 0 spiro atoms. The molecule has 0 radical (unpaired) electrons. The van der Waals surface area contributed by atoms with Gasteiger partial charge in [0.15, 0.2) is 0 Å². The number of rotatable bonds is 3. The van der Waals surface area contributed by atoms with E-state index in [9.17, 15) is 9.18 Å². The minimum Gasteiger partial charge on any atom is -0.365 e. The molecule has 0 aliphatic carbocycles. The highest BCUT2D eigenvalue weighted by Gasteiger charge is 2.12. The maximum atomic E-state index is 13.1. The first-order chi connectivity index (χ1) is 6.16. The second-order valence-electron chi connectivity index (χ2n) is 2.68. The molecule has 3 nitrogen and oxygen atoms in total. The van der Waals surface area contributed by atoms with Gasteiger partial charge in [0, 0.05) is 0 Å². The van der Waals surface area contributed by atoms with Crippen molar-refractivity contribution < 1.29 is 9.18 Å². The Morgan fingerprint density at radius 1 is 1.46 bits per heavy atom. The Balaban J connectivity index is 3.17. The lowest BCUT2D eigenvalue weighted by Crippen LogP contribution is -2.17. The zero-order valence-corrected chi connectivity index (χ0v) is 7.09. The first-order valence-corrected chi connectivity index (χ1v) is 3.94. The average Bonchev–Trinajstić information content (AvgIpc) is 2.04. The van der Waals surface area contributed by atoms with Crippen molar-refractivity contribution in [3.8, 4) is 0 Å². The molecule has 70 valence electrons. The van der Waals surface area contributed by atoms with Gasteiger partial charge in [-0.15, -0.1) is 0 Å². The van der Waals surface area contributed by atoms with E-state index < -0.39 is 11.7 Å². The molecule has 0 saturated heterocycles. The predicted molar refractivity (Wildman–Crippen MR) is 47.7 cm³/mol. The van der Waals surface area contributed by atoms with Crippen molar-refractivity contribution in [1.82, 2.24) is 0 Å². The van der Waals surface area contributed by atoms with Crippen LogP contribution in [0.25, 0.3) is 0 Å². The number of hydrogen-bond acceptors (Lipinski definition) is 2. The summed E-state index contributed by atoms with van der Waals surface area (Å²) in [6, 6.07) is 4.39. The summed E-state index contributed by atoms with van der Waals surface area (Å²) in [6.07, 6.45) is 0.454. The van der Waals surface area contributed by atoms with Crippen LogP contribution in [0.5, 0.6) is 0 Å². The van der Waals surface area contributed by atoms with Gasteiger partial charge in [-0.3, -0.25) is 4.79 Å². The van der Waals surface area contributed by atoms with Crippen LogP contribution in [0.2, 0.25) is 0 Å². The number of halogens is 1. The van der Waals surface area contributed by atoms with Gasteiger partial charge >= 0.3 is 0 Å². The largest absolute Gasteiger partial charge is 0.365 e. The third kappa shape index (κ3) is 2.03. The fraction of sp³-hybridized carbons (Fsp3) is 0.222. The standard InChI is InChI=1S/C9H11FN2O/c10-7-3-1-2-6(4-5-11)8(7)9(12)13/h1-3H,4-5,11H2,(H2,12,13). The molecule has 1 aromatic carbocycles. The lowest BCUT2D eigenvalue weighted by atomic mass is 10.0. The van der Waals surface area contributed by atoms with Gasteiger partial charge in [0.2, 0.25) is 0 Å². The molecule has 0 aliphatic heterocycles. The van der Waals surface area contributed by atoms with E-state index in [-0.39, 0.29) is 5.56 Å². The molecule has 0 aliphatic rings. The highest BCUT2D eigenvalue weighted by Crippen LogP contribution is 2.12. The Labute approximate surface area is 75.5 Å². The van der Waals surface area contributed by atoms with E-state index in [0.717, 1.165) is 0 Å². The SMILES string of the molecule is NCCc1cccc(F)c1C(N)=O. The number of carbonyl (C=O) groups excluding carboxylic acids is 1. The summed E-state index contributed by atoms with van der Waals surface area (Å²) in [5.41, 5.74) is 10.8. The molecule has 1 aromatic rings. The molecule has 0 aromatic heterocycles. The van der Waals surface area contributed by atoms with Gasteiger partial charge in [-0.2, -0.15) is 0 Å². The smallest absolute Gasteiger partial charge is 0.251 e. The first-order valence-electron chi connectivity index (χ1n) is 3.94. The summed E-state index contributed by atoms with van der Waals surface area (Å²) in [5.74, 6) is -1.33. The summed E-state index contributed by atoms with van der Waals surface area (Å²) in [7, 11) is 0. The molecule has 0 atom stereocenters. The second kappa shape index (κ2) is 4.00. The average molecular weight is 182 g/mol. The van der Waals surface area contributed by atoms with Crippen LogP contribution in [-0.2, 0) is 6.42 Å². The third-order valence-corrected chi connectivity index (χ3v) is 1.76. The Kier molecular flexibility index (Phi) is 2.97. The lowest BCUT2D eigenvalue weighted by Gasteiger charge is -2.05. The Hall–Kier alpha value is -1.42. The molecule has 0 fully saturated rings. The van der Waals surface area contributed by atoms with E-state index in [2.05, 4.69) is 0 Å². The van der Waals surface area contributed by atoms with E-state index in [4.69, 9.17) is 11.5 Å². The molecule has 1 amide bonds. The molecular formula is C9H11FN2O. The molecule has 13 heavy (non-hydrogen) atoms. The third-order valence-electron chi connectivity index (χ3n) is 1.76. The van der Waals surface area contributed by atoms with Crippen molar-refractivity contribution in [1.29, 1.82) is 0 Å². The maximum Gasteiger partial charge on any atom is 0.251 e. The molecule has 4 heteroatoms. The van der Waals surface area contributed by atoms with Crippen LogP contribution in [0.4, 0.5) is 4.39 Å². The number of primary amides is 1. The fourth-order valence-corrected chi connectivity index (χ4v) is 1.21. The van der Waals surface area contributed by atoms with E-state index in [1.165, 1.54) is 12.1 Å². The number of hydrogen-bond donors (Lipinski definition) is 2. The van der Waals surface area contributed by atoms with Gasteiger partial charge in [0.25, 0.3) is 5.91 Å². The normalized spacial score (nSPS) is 10.0. The van der Waals surface area contributed by atoms with Gasteiger partial charge in [-0.05, 0) is 24.6 Å². The topological polar surface area (TPSA) is 69.1 Å². The zero-order valence-electron chi connectivity index (χ0n) is 7.09. The molecule has 1 rings (SSSR count). The number of nitrogens with two attached hydrogens (primary N) is 2. The molecular weight excluding hydrogens is 171 g/mol. The Bertz CT molecular complexity index is 325. The van der Waals surface area contributed by atoms with E-state index in [1.807, 2.05) is 0 Å². The summed E-state index contributed by atoms with van der Waals surface area (Å²) < 4.78 is 13.1. The van der Waals surface area contributed by atoms with Gasteiger partial charge in [0.1, 0.15) is 5.82 Å². The highest BCUT2D eigenvalue weighted by molar-refractivity contribution is 5.94. The first kappa shape index (κ1) is 9.67. The number of amides is 1. The van der Waals surface area contributed by atoms with Gasteiger partial charge in [0.05, 0.1) is 5.56 Å². The molecule has 0 bridgehead atoms. The van der Waals surface area contributed by atoms with Crippen molar-refractivity contribution in [3.63, 3.8) is 0 Å². The highest BCUT2D eigenvalue weighted by atomic mass is 19.1. The van der Waals surface area contributed by atoms with E-state index in [0.29, 0.717) is 18.5 Å². The number of carbonyl (C=O) groups is 1. The van der Waals surface area contributed by atoms with Crippen LogP contribution in [0.3, 0.4) is 0 Å². The predicted octanol–water partition coefficient (Wildman–Crippen LogP) is 0.426. The van der Waals surface area contributed by atoms with Crippen molar-refractivity contribution >= 4 is 5.91 Å². The molecule has 0 unspecified atom stereocenters. The minimum atomic E-state index is -0.749. The van der Waals surface area contributed by atoms with Crippen LogP contribution in [0.1, 0.15) is 15.9 Å². The quantitative estimate of drug-likeness (QED) is 0.711. The minimum absolute atomic E-state index is 0.0482. The summed E-state index contributed by atoms with van der Waals surface area (Å²) in [4.78, 5) is 10.9. The number of benzene rings is 1. The summed E-state index contributed by atoms with van der Waals surface area (Å²) in [5, 5.41) is 0. The summed E-state index contributed by atoms with van der Waals surface area (Å²) >= 11 is 0. The van der Waals surface area contributed by atoms with Gasteiger partial charge in [-0.1, -0.05) is 12.1 Å². The maximum absolute atomic E-state index is 13.1. The molecule has 0 heterocycles. The monoisotopic (exact) mass is 182 g/mol.